The highest BCUT2D eigenvalue weighted by atomic mass is 15.1. The van der Waals surface area contributed by atoms with E-state index < -0.39 is 0 Å². The maximum Gasteiger partial charge on any atom is 0.0651 e. The van der Waals surface area contributed by atoms with Crippen molar-refractivity contribution in [1.82, 2.24) is 10.2 Å². The van der Waals surface area contributed by atoms with Crippen molar-refractivity contribution in [2.45, 2.75) is 19.8 Å². The summed E-state index contributed by atoms with van der Waals surface area (Å²) in [6, 6.07) is 0. The van der Waals surface area contributed by atoms with Gasteiger partial charge in [-0.15, -0.1) is 0 Å². The molecular weight excluding hydrogens is 112 g/mol. The predicted octanol–water partition coefficient (Wildman–Crippen LogP) is 1.48. The number of nitrogens with one attached hydrogen (secondary N) is 1. The molecule has 0 aliphatic heterocycles. The number of nitrogens with zero attached hydrogens (tertiary/aromatic N) is 1. The van der Waals surface area contributed by atoms with Gasteiger partial charge in [0, 0.05) is 6.20 Å². The lowest BCUT2D eigenvalue weighted by Gasteiger charge is -1.89. The van der Waals surface area contributed by atoms with Crippen molar-refractivity contribution in [3.63, 3.8) is 0 Å². The number of rotatable bonds is 2. The van der Waals surface area contributed by atoms with Crippen LogP contribution in [0.3, 0.4) is 0 Å². The smallest absolute Gasteiger partial charge is 0.0651 e. The highest BCUT2D eigenvalue weighted by Crippen LogP contribution is 2.03. The van der Waals surface area contributed by atoms with Gasteiger partial charge >= 0.3 is 0 Å². The molecule has 9 heavy (non-hydrogen) atoms. The Labute approximate surface area is 55.3 Å². The Hall–Kier alpha value is -0.790. The average Bonchev–Trinajstić information content (AvgIpc) is 2.18. The van der Waals surface area contributed by atoms with E-state index in [4.69, 9.17) is 0 Å². The first-order chi connectivity index (χ1) is 4.34. The van der Waals surface area contributed by atoms with E-state index in [2.05, 4.69) is 24.0 Å². The summed E-state index contributed by atoms with van der Waals surface area (Å²) in [5.41, 5.74) is 2.38. The topological polar surface area (TPSA) is 28.7 Å². The molecule has 1 aromatic heterocycles. The van der Waals surface area contributed by atoms with E-state index in [1.54, 1.807) is 0 Å². The molecular formula is C7H11N2. The molecule has 49 valence electrons. The zero-order valence-electron chi connectivity index (χ0n) is 5.65. The lowest BCUT2D eigenvalue weighted by atomic mass is 10.2. The van der Waals surface area contributed by atoms with Crippen molar-refractivity contribution in [1.29, 1.82) is 0 Å². The fourth-order valence-corrected chi connectivity index (χ4v) is 0.799. The van der Waals surface area contributed by atoms with Crippen LogP contribution in [0.25, 0.3) is 0 Å². The van der Waals surface area contributed by atoms with Crippen LogP contribution in [0.2, 0.25) is 0 Å². The van der Waals surface area contributed by atoms with Gasteiger partial charge in [-0.3, -0.25) is 5.10 Å². The Morgan fingerprint density at radius 2 is 2.56 bits per heavy atom. The van der Waals surface area contributed by atoms with E-state index in [-0.39, 0.29) is 0 Å². The summed E-state index contributed by atoms with van der Waals surface area (Å²) in [6.45, 7) is 5.80. The Morgan fingerprint density at radius 1 is 1.78 bits per heavy atom. The van der Waals surface area contributed by atoms with Crippen LogP contribution in [0, 0.1) is 13.8 Å². The van der Waals surface area contributed by atoms with Gasteiger partial charge in [0.2, 0.25) is 0 Å². The number of hydrogen-bond acceptors (Lipinski definition) is 1. The van der Waals surface area contributed by atoms with Crippen LogP contribution in [-0.4, -0.2) is 10.2 Å². The number of hydrogen-bond donors (Lipinski definition) is 1. The maximum absolute atomic E-state index is 4.04. The summed E-state index contributed by atoms with van der Waals surface area (Å²) in [7, 11) is 0. The zero-order chi connectivity index (χ0) is 6.69. The van der Waals surface area contributed by atoms with Crippen molar-refractivity contribution in [2.24, 2.45) is 0 Å². The zero-order valence-corrected chi connectivity index (χ0v) is 5.65. The summed E-state index contributed by atoms with van der Waals surface area (Å²) in [5.74, 6) is 0. The maximum atomic E-state index is 4.04. The van der Waals surface area contributed by atoms with Gasteiger partial charge < -0.3 is 0 Å². The molecule has 0 aliphatic rings. The molecule has 1 radical (unpaired) electrons. The highest BCUT2D eigenvalue weighted by Gasteiger charge is 1.96. The standard InChI is InChI=1S/C7H11N2/c1-3-4-7-6(2)5-8-9-7/h5H,1,3-4H2,2H3,(H,8,9). The second-order valence-electron chi connectivity index (χ2n) is 2.12. The molecule has 0 aliphatic carbocycles. The lowest BCUT2D eigenvalue weighted by Crippen LogP contribution is -1.85. The van der Waals surface area contributed by atoms with Crippen LogP contribution in [-0.2, 0) is 6.42 Å². The molecule has 2 heteroatoms. The minimum atomic E-state index is 0.922. The second-order valence-corrected chi connectivity index (χ2v) is 2.12. The predicted molar refractivity (Wildman–Crippen MR) is 37.0 cm³/mol. The Kier molecular flexibility index (Phi) is 1.88. The summed E-state index contributed by atoms with van der Waals surface area (Å²) < 4.78 is 0. The Morgan fingerprint density at radius 3 is 3.00 bits per heavy atom. The molecule has 1 rings (SSSR count). The van der Waals surface area contributed by atoms with Gasteiger partial charge in [0.05, 0.1) is 5.69 Å². The molecule has 0 unspecified atom stereocenters. The van der Waals surface area contributed by atoms with E-state index in [9.17, 15) is 0 Å². The van der Waals surface area contributed by atoms with Crippen LogP contribution >= 0.6 is 0 Å². The summed E-state index contributed by atoms with van der Waals surface area (Å²) >= 11 is 0. The third-order valence-electron chi connectivity index (χ3n) is 1.35. The molecule has 0 saturated heterocycles. The Bertz CT molecular complexity index is 179. The van der Waals surface area contributed by atoms with Gasteiger partial charge in [0.25, 0.3) is 0 Å². The van der Waals surface area contributed by atoms with Gasteiger partial charge in [-0.2, -0.15) is 5.10 Å². The molecule has 0 fully saturated rings. The number of aromatic amines is 1. The molecule has 0 amide bonds. The molecule has 1 N–H and O–H groups in total. The van der Waals surface area contributed by atoms with Crippen molar-refractivity contribution < 1.29 is 0 Å². The number of H-pyrrole nitrogens is 1. The number of aryl methyl sites for hydroxylation is 2. The molecule has 2 nitrogen and oxygen atoms in total. The third-order valence-corrected chi connectivity index (χ3v) is 1.35. The van der Waals surface area contributed by atoms with Crippen LogP contribution in [0.4, 0.5) is 0 Å². The van der Waals surface area contributed by atoms with E-state index in [1.165, 1.54) is 5.56 Å². The lowest BCUT2D eigenvalue weighted by molar-refractivity contribution is 0.907. The van der Waals surface area contributed by atoms with Crippen molar-refractivity contribution >= 4 is 0 Å². The third kappa shape index (κ3) is 1.31. The quantitative estimate of drug-likeness (QED) is 0.634. The number of aromatic nitrogens is 2. The van der Waals surface area contributed by atoms with Gasteiger partial charge in [0.1, 0.15) is 0 Å². The van der Waals surface area contributed by atoms with Crippen molar-refractivity contribution in [3.8, 4) is 0 Å². The first-order valence-electron chi connectivity index (χ1n) is 3.13. The second kappa shape index (κ2) is 2.67. The molecule has 1 heterocycles. The molecule has 1 aromatic rings. The first kappa shape index (κ1) is 6.33. The Balaban J connectivity index is 2.69. The van der Waals surface area contributed by atoms with Crippen molar-refractivity contribution in [2.75, 3.05) is 0 Å². The fourth-order valence-electron chi connectivity index (χ4n) is 0.799. The van der Waals surface area contributed by atoms with E-state index in [0.29, 0.717) is 0 Å². The summed E-state index contributed by atoms with van der Waals surface area (Å²) in [6.07, 6.45) is 3.81. The van der Waals surface area contributed by atoms with Gasteiger partial charge in [0.15, 0.2) is 0 Å². The van der Waals surface area contributed by atoms with Gasteiger partial charge in [-0.1, -0.05) is 6.92 Å². The van der Waals surface area contributed by atoms with E-state index in [0.717, 1.165) is 18.5 Å². The fraction of sp³-hybridized carbons (Fsp3) is 0.429. The largest absolute Gasteiger partial charge is 0.285 e. The SMILES string of the molecule is [CH2]CCc1n[nH]cc1C. The minimum Gasteiger partial charge on any atom is -0.285 e. The highest BCUT2D eigenvalue weighted by molar-refractivity contribution is 5.13. The normalized spacial score (nSPS) is 10.0. The van der Waals surface area contributed by atoms with E-state index in [1.807, 2.05) is 6.20 Å². The molecule has 0 atom stereocenters. The summed E-state index contributed by atoms with van der Waals surface area (Å²) in [5, 5.41) is 6.85. The molecule has 0 bridgehead atoms. The average molecular weight is 123 g/mol. The molecule has 0 aromatic carbocycles. The van der Waals surface area contributed by atoms with Gasteiger partial charge in [-0.25, -0.2) is 0 Å². The first-order valence-corrected chi connectivity index (χ1v) is 3.13. The summed E-state index contributed by atoms with van der Waals surface area (Å²) in [4.78, 5) is 0. The minimum absolute atomic E-state index is 0.922. The monoisotopic (exact) mass is 123 g/mol. The van der Waals surface area contributed by atoms with Crippen LogP contribution in [0.15, 0.2) is 6.20 Å². The molecule has 0 spiro atoms. The van der Waals surface area contributed by atoms with E-state index >= 15 is 0 Å². The van der Waals surface area contributed by atoms with Gasteiger partial charge in [-0.05, 0) is 25.3 Å². The van der Waals surface area contributed by atoms with Crippen LogP contribution in [0.5, 0.6) is 0 Å². The van der Waals surface area contributed by atoms with Crippen molar-refractivity contribution in [3.05, 3.63) is 24.4 Å². The molecule has 0 saturated carbocycles. The van der Waals surface area contributed by atoms with Crippen LogP contribution in [0.1, 0.15) is 17.7 Å². The van der Waals surface area contributed by atoms with Crippen LogP contribution < -0.4 is 0 Å².